The predicted octanol–water partition coefficient (Wildman–Crippen LogP) is 6.64. The lowest BCUT2D eigenvalue weighted by atomic mass is 9.79. The summed E-state index contributed by atoms with van der Waals surface area (Å²) >= 11 is 0. The van der Waals surface area contributed by atoms with Crippen molar-refractivity contribution in [2.24, 2.45) is 5.92 Å². The Kier molecular flexibility index (Phi) is 7.90. The van der Waals surface area contributed by atoms with Crippen LogP contribution in [0.5, 0.6) is 0 Å². The topological polar surface area (TPSA) is 45.2 Å². The molecule has 0 spiro atoms. The number of aliphatic hydroxyl groups is 1. The quantitative estimate of drug-likeness (QED) is 0.473. The fourth-order valence-corrected chi connectivity index (χ4v) is 4.53. The number of nitrogens with one attached hydrogen (secondary N) is 1. The number of aliphatic hydroxyl groups excluding tert-OH is 1. The summed E-state index contributed by atoms with van der Waals surface area (Å²) in [6.07, 6.45) is 22.6. The Labute approximate surface area is 196 Å². The van der Waals surface area contributed by atoms with Crippen LogP contribution in [0.15, 0.2) is 95.7 Å². The third-order valence-corrected chi connectivity index (χ3v) is 6.70. The number of pyridine rings is 1. The van der Waals surface area contributed by atoms with Crippen molar-refractivity contribution in [1.29, 1.82) is 0 Å². The zero-order valence-electron chi connectivity index (χ0n) is 19.2. The van der Waals surface area contributed by atoms with E-state index in [1.807, 2.05) is 18.2 Å². The first kappa shape index (κ1) is 23.2. The highest BCUT2D eigenvalue weighted by Crippen LogP contribution is 2.37. The Hall–Kier alpha value is -2.98. The molecule has 3 nitrogen and oxygen atoms in total. The van der Waals surface area contributed by atoms with Gasteiger partial charge in [-0.25, -0.2) is 4.39 Å². The van der Waals surface area contributed by atoms with E-state index in [1.165, 1.54) is 36.5 Å². The van der Waals surface area contributed by atoms with Crippen molar-refractivity contribution in [2.75, 3.05) is 6.54 Å². The fourth-order valence-electron chi connectivity index (χ4n) is 4.53. The van der Waals surface area contributed by atoms with Crippen molar-refractivity contribution >= 4 is 5.57 Å². The maximum absolute atomic E-state index is 14.0. The molecule has 3 aliphatic rings. The highest BCUT2D eigenvalue weighted by molar-refractivity contribution is 5.75. The Bertz CT molecular complexity index is 1070. The molecule has 4 heteroatoms. The molecule has 4 rings (SSSR count). The summed E-state index contributed by atoms with van der Waals surface area (Å²) in [6, 6.07) is 3.77. The molecule has 0 unspecified atom stereocenters. The Morgan fingerprint density at radius 1 is 1.27 bits per heavy atom. The second kappa shape index (κ2) is 11.2. The molecule has 0 saturated heterocycles. The van der Waals surface area contributed by atoms with E-state index in [-0.39, 0.29) is 12.4 Å². The lowest BCUT2D eigenvalue weighted by molar-refractivity contribution is 0.281. The van der Waals surface area contributed by atoms with Gasteiger partial charge in [-0.05, 0) is 72.1 Å². The Morgan fingerprint density at radius 2 is 2.15 bits per heavy atom. The van der Waals surface area contributed by atoms with Gasteiger partial charge in [-0.3, -0.25) is 4.98 Å². The van der Waals surface area contributed by atoms with Gasteiger partial charge in [0.05, 0.1) is 12.3 Å². The maximum atomic E-state index is 14.0. The molecule has 0 aromatic carbocycles. The summed E-state index contributed by atoms with van der Waals surface area (Å²) in [6.45, 7) is 4.91. The fraction of sp³-hybridized carbons (Fsp3) is 0.345. The predicted molar refractivity (Wildman–Crippen MR) is 134 cm³/mol. The average molecular weight is 445 g/mol. The van der Waals surface area contributed by atoms with Crippen LogP contribution in [0.2, 0.25) is 0 Å². The average Bonchev–Trinajstić information content (AvgIpc) is 3.00. The van der Waals surface area contributed by atoms with Crippen LogP contribution in [0.25, 0.3) is 5.57 Å². The summed E-state index contributed by atoms with van der Waals surface area (Å²) in [7, 11) is 0. The molecular formula is C29H33FN2O. The van der Waals surface area contributed by atoms with Crippen LogP contribution in [0, 0.1) is 5.92 Å². The van der Waals surface area contributed by atoms with Crippen molar-refractivity contribution in [1.82, 2.24) is 10.3 Å². The minimum Gasteiger partial charge on any atom is -0.392 e. The molecule has 0 bridgehead atoms. The second-order valence-corrected chi connectivity index (χ2v) is 9.02. The van der Waals surface area contributed by atoms with E-state index in [0.29, 0.717) is 6.54 Å². The van der Waals surface area contributed by atoms with E-state index in [0.717, 1.165) is 59.7 Å². The number of allylic oxidation sites excluding steroid dienone is 11. The van der Waals surface area contributed by atoms with E-state index in [1.54, 1.807) is 18.3 Å². The van der Waals surface area contributed by atoms with Gasteiger partial charge < -0.3 is 10.4 Å². The summed E-state index contributed by atoms with van der Waals surface area (Å²) in [5, 5.41) is 13.2. The van der Waals surface area contributed by atoms with E-state index in [9.17, 15) is 9.50 Å². The first-order valence-corrected chi connectivity index (χ1v) is 11.9. The number of halogens is 1. The molecule has 3 aliphatic carbocycles. The summed E-state index contributed by atoms with van der Waals surface area (Å²) in [4.78, 5) is 4.53. The molecule has 1 aromatic rings. The van der Waals surface area contributed by atoms with E-state index < -0.39 is 0 Å². The van der Waals surface area contributed by atoms with Gasteiger partial charge in [0, 0.05) is 24.0 Å². The zero-order valence-corrected chi connectivity index (χ0v) is 19.2. The van der Waals surface area contributed by atoms with Crippen molar-refractivity contribution in [3.63, 3.8) is 0 Å². The molecule has 0 atom stereocenters. The molecule has 0 radical (unpaired) electrons. The van der Waals surface area contributed by atoms with Gasteiger partial charge >= 0.3 is 0 Å². The third kappa shape index (κ3) is 6.08. The highest BCUT2D eigenvalue weighted by Gasteiger charge is 2.21. The van der Waals surface area contributed by atoms with Crippen LogP contribution in [0.1, 0.15) is 56.2 Å². The normalized spacial score (nSPS) is 23.2. The van der Waals surface area contributed by atoms with Crippen molar-refractivity contribution < 1.29 is 9.50 Å². The number of rotatable bonds is 8. The molecule has 1 heterocycles. The van der Waals surface area contributed by atoms with Crippen LogP contribution in [-0.4, -0.2) is 16.6 Å². The van der Waals surface area contributed by atoms with Crippen LogP contribution in [-0.2, 0) is 6.61 Å². The van der Waals surface area contributed by atoms with Crippen LogP contribution in [0.4, 0.5) is 4.39 Å². The highest BCUT2D eigenvalue weighted by atomic mass is 19.1. The number of hydrogen-bond donors (Lipinski definition) is 2. The van der Waals surface area contributed by atoms with Gasteiger partial charge in [-0.1, -0.05) is 62.3 Å². The van der Waals surface area contributed by atoms with E-state index in [2.05, 4.69) is 35.1 Å². The van der Waals surface area contributed by atoms with Crippen molar-refractivity contribution in [2.45, 2.75) is 51.6 Å². The number of aromatic nitrogens is 1. The van der Waals surface area contributed by atoms with Crippen molar-refractivity contribution in [3.8, 4) is 0 Å². The molecule has 0 amide bonds. The molecule has 172 valence electrons. The van der Waals surface area contributed by atoms with Gasteiger partial charge in [-0.15, -0.1) is 0 Å². The Balaban J connectivity index is 1.54. The zero-order chi connectivity index (χ0) is 23.0. The summed E-state index contributed by atoms with van der Waals surface area (Å²) < 4.78 is 14.0. The summed E-state index contributed by atoms with van der Waals surface area (Å²) in [5.74, 6) is 0.523. The van der Waals surface area contributed by atoms with Gasteiger partial charge in [0.2, 0.25) is 0 Å². The lowest BCUT2D eigenvalue weighted by Gasteiger charge is -2.27. The SMILES string of the molecule is C=C(NC/C1=C/C(F)=C\C=C/CC1)C1=C(CC2CCC2)C=CC(c2ncccc2CO)=CC1. The maximum Gasteiger partial charge on any atom is 0.123 e. The number of nitrogens with zero attached hydrogens (tertiary/aromatic N) is 1. The molecule has 1 fully saturated rings. The second-order valence-electron chi connectivity index (χ2n) is 9.02. The molecule has 33 heavy (non-hydrogen) atoms. The molecular weight excluding hydrogens is 411 g/mol. The van der Waals surface area contributed by atoms with Gasteiger partial charge in [0.1, 0.15) is 5.83 Å². The minimum absolute atomic E-state index is 0.0346. The van der Waals surface area contributed by atoms with Gasteiger partial charge in [0.15, 0.2) is 0 Å². The van der Waals surface area contributed by atoms with Gasteiger partial charge in [-0.2, -0.15) is 0 Å². The molecule has 0 aliphatic heterocycles. The molecule has 2 N–H and O–H groups in total. The van der Waals surface area contributed by atoms with Gasteiger partial charge in [0.25, 0.3) is 0 Å². The molecule has 1 aromatic heterocycles. The van der Waals surface area contributed by atoms with E-state index in [4.69, 9.17) is 0 Å². The Morgan fingerprint density at radius 3 is 2.94 bits per heavy atom. The van der Waals surface area contributed by atoms with Crippen molar-refractivity contribution in [3.05, 3.63) is 107 Å². The van der Waals surface area contributed by atoms with Crippen LogP contribution in [0.3, 0.4) is 0 Å². The van der Waals surface area contributed by atoms with Crippen LogP contribution >= 0.6 is 0 Å². The smallest absolute Gasteiger partial charge is 0.123 e. The first-order valence-electron chi connectivity index (χ1n) is 11.9. The lowest BCUT2D eigenvalue weighted by Crippen LogP contribution is -2.19. The largest absolute Gasteiger partial charge is 0.392 e. The minimum atomic E-state index is -0.210. The van der Waals surface area contributed by atoms with Crippen LogP contribution < -0.4 is 5.32 Å². The molecule has 1 saturated carbocycles. The van der Waals surface area contributed by atoms with E-state index >= 15 is 0 Å². The standard InChI is InChI=1S/C29H33FN2O/c1-21(32-19-23-7-3-2-4-11-27(30)18-23)28-15-14-24(29-26(20-33)10-6-16-31-29)12-13-25(28)17-22-8-5-9-22/h2,4,6,10-14,16,18,22,32-33H,1,3,5,7-9,15,17,19-20H2/b4-2-,23-18+,27-11+. The monoisotopic (exact) mass is 444 g/mol. The third-order valence-electron chi connectivity index (χ3n) is 6.70. The summed E-state index contributed by atoms with van der Waals surface area (Å²) in [5.41, 5.74) is 7.14. The number of hydrogen-bond acceptors (Lipinski definition) is 3. The first-order chi connectivity index (χ1) is 16.1.